The first-order chi connectivity index (χ1) is 11.7. The van der Waals surface area contributed by atoms with Gasteiger partial charge >= 0.3 is 0 Å². The number of hydrogen-bond donors (Lipinski definition) is 3. The number of nitrogens with one attached hydrogen (secondary N) is 3. The number of anilines is 1. The van der Waals surface area contributed by atoms with E-state index in [0.29, 0.717) is 29.4 Å². The number of ether oxygens (including phenoxy) is 1. The highest BCUT2D eigenvalue weighted by Crippen LogP contribution is 2.22. The minimum Gasteiger partial charge on any atom is -0.375 e. The van der Waals surface area contributed by atoms with Crippen LogP contribution in [0, 0.1) is 0 Å². The Balaban J connectivity index is 0.00000338. The smallest absolute Gasteiger partial charge is 0.253 e. The zero-order chi connectivity index (χ0) is 18.6. The molecule has 1 heterocycles. The Hall–Kier alpha value is -1.34. The third kappa shape index (κ3) is 5.84. The third-order valence-electron chi connectivity index (χ3n) is 4.42. The van der Waals surface area contributed by atoms with Gasteiger partial charge < -0.3 is 20.7 Å². The lowest BCUT2D eigenvalue weighted by Gasteiger charge is -2.29. The van der Waals surface area contributed by atoms with Crippen molar-refractivity contribution in [3.8, 4) is 0 Å². The Morgan fingerprint density at radius 3 is 2.65 bits per heavy atom. The van der Waals surface area contributed by atoms with E-state index in [9.17, 15) is 9.59 Å². The number of hydrogen-bond acceptors (Lipinski definition) is 4. The minimum atomic E-state index is -0.416. The summed E-state index contributed by atoms with van der Waals surface area (Å²) in [5.41, 5.74) is 0.616. The van der Waals surface area contributed by atoms with Crippen LogP contribution in [0.15, 0.2) is 18.2 Å². The van der Waals surface area contributed by atoms with Crippen LogP contribution >= 0.6 is 24.0 Å². The summed E-state index contributed by atoms with van der Waals surface area (Å²) in [5.74, 6) is -0.418. The van der Waals surface area contributed by atoms with E-state index in [0.717, 1.165) is 6.42 Å². The first-order valence-electron chi connectivity index (χ1n) is 8.51. The van der Waals surface area contributed by atoms with Crippen molar-refractivity contribution < 1.29 is 14.3 Å². The molecule has 6 nitrogen and oxygen atoms in total. The summed E-state index contributed by atoms with van der Waals surface area (Å²) >= 11 is 6.24. The summed E-state index contributed by atoms with van der Waals surface area (Å²) in [5, 5.41) is 9.18. The summed E-state index contributed by atoms with van der Waals surface area (Å²) < 4.78 is 5.48. The normalized spacial score (nSPS) is 20.0. The van der Waals surface area contributed by atoms with Gasteiger partial charge in [0.15, 0.2) is 0 Å². The van der Waals surface area contributed by atoms with Gasteiger partial charge in [0.1, 0.15) is 6.04 Å². The molecule has 0 aliphatic carbocycles. The van der Waals surface area contributed by atoms with Crippen LogP contribution in [0.25, 0.3) is 0 Å². The molecule has 0 unspecified atom stereocenters. The lowest BCUT2D eigenvalue weighted by Crippen LogP contribution is -2.53. The van der Waals surface area contributed by atoms with Crippen molar-refractivity contribution in [1.82, 2.24) is 10.6 Å². The number of halogens is 2. The molecule has 1 aromatic carbocycles. The lowest BCUT2D eigenvalue weighted by molar-refractivity contribution is -0.123. The molecule has 26 heavy (non-hydrogen) atoms. The van der Waals surface area contributed by atoms with Gasteiger partial charge in [0.2, 0.25) is 5.91 Å². The van der Waals surface area contributed by atoms with Crippen molar-refractivity contribution in [1.29, 1.82) is 0 Å². The molecule has 1 fully saturated rings. The number of carbonyl (C=O) groups is 2. The number of amides is 2. The lowest BCUT2D eigenvalue weighted by atomic mass is 10.0. The molecule has 0 aromatic heterocycles. The van der Waals surface area contributed by atoms with E-state index in [1.807, 2.05) is 27.7 Å². The Morgan fingerprint density at radius 1 is 1.38 bits per heavy atom. The van der Waals surface area contributed by atoms with Crippen LogP contribution in [0.5, 0.6) is 0 Å². The maximum atomic E-state index is 12.4. The van der Waals surface area contributed by atoms with E-state index >= 15 is 0 Å². The van der Waals surface area contributed by atoms with Crippen LogP contribution in [0.4, 0.5) is 5.69 Å². The molecule has 3 N–H and O–H groups in total. The van der Waals surface area contributed by atoms with Crippen molar-refractivity contribution in [3.63, 3.8) is 0 Å². The maximum absolute atomic E-state index is 12.4. The highest BCUT2D eigenvalue weighted by Gasteiger charge is 2.28. The fraction of sp³-hybridized carbons (Fsp3) is 0.556. The van der Waals surface area contributed by atoms with Crippen LogP contribution in [-0.2, 0) is 9.53 Å². The molecule has 0 radical (unpaired) electrons. The van der Waals surface area contributed by atoms with E-state index in [2.05, 4.69) is 16.0 Å². The first-order valence-corrected chi connectivity index (χ1v) is 8.89. The summed E-state index contributed by atoms with van der Waals surface area (Å²) in [6, 6.07) is 4.46. The van der Waals surface area contributed by atoms with Gasteiger partial charge in [-0.25, -0.2) is 0 Å². The molecule has 1 aromatic rings. The fourth-order valence-electron chi connectivity index (χ4n) is 2.49. The Labute approximate surface area is 165 Å². The standard InChI is InChI=1S/C18H26ClN3O3.ClH/c1-5-18(3,4)22-16(23)13-7-6-12(10-14(13)19)21-17(24)15-11(2)25-9-8-20-15;/h6-7,10-11,15,20H,5,8-9H2,1-4H3,(H,21,24)(H,22,23);1H/t11-,15+;/m1./s1. The number of carbonyl (C=O) groups excluding carboxylic acids is 2. The average Bonchev–Trinajstić information content (AvgIpc) is 2.54. The molecule has 1 aliphatic heterocycles. The zero-order valence-corrected chi connectivity index (χ0v) is 17.1. The third-order valence-corrected chi connectivity index (χ3v) is 4.73. The van der Waals surface area contributed by atoms with Crippen molar-refractivity contribution in [3.05, 3.63) is 28.8 Å². The minimum absolute atomic E-state index is 0. The second-order valence-electron chi connectivity index (χ2n) is 6.88. The van der Waals surface area contributed by atoms with Gasteiger partial charge in [-0.15, -0.1) is 12.4 Å². The molecule has 2 rings (SSSR count). The Bertz CT molecular complexity index is 653. The highest BCUT2D eigenvalue weighted by atomic mass is 35.5. The summed E-state index contributed by atoms with van der Waals surface area (Å²) in [6.07, 6.45) is 0.602. The highest BCUT2D eigenvalue weighted by molar-refractivity contribution is 6.34. The van der Waals surface area contributed by atoms with E-state index in [1.54, 1.807) is 18.2 Å². The molecular weight excluding hydrogens is 377 g/mol. The predicted octanol–water partition coefficient (Wildman–Crippen LogP) is 3.00. The molecule has 8 heteroatoms. The van der Waals surface area contributed by atoms with Gasteiger partial charge in [0.05, 0.1) is 23.3 Å². The van der Waals surface area contributed by atoms with E-state index in [-0.39, 0.29) is 35.9 Å². The number of benzene rings is 1. The quantitative estimate of drug-likeness (QED) is 0.705. The van der Waals surface area contributed by atoms with Crippen LogP contribution in [-0.4, -0.2) is 42.7 Å². The van der Waals surface area contributed by atoms with Crippen LogP contribution < -0.4 is 16.0 Å². The molecular formula is C18H27Cl2N3O3. The van der Waals surface area contributed by atoms with Crippen LogP contribution in [0.3, 0.4) is 0 Å². The number of morpholine rings is 1. The first kappa shape index (κ1) is 22.7. The van der Waals surface area contributed by atoms with E-state index in [4.69, 9.17) is 16.3 Å². The molecule has 1 saturated heterocycles. The molecule has 2 atom stereocenters. The second-order valence-corrected chi connectivity index (χ2v) is 7.29. The van der Waals surface area contributed by atoms with Crippen molar-refractivity contribution in [2.45, 2.75) is 51.8 Å². The molecule has 146 valence electrons. The van der Waals surface area contributed by atoms with Crippen molar-refractivity contribution >= 4 is 41.5 Å². The molecule has 2 amide bonds. The predicted molar refractivity (Wildman–Crippen MR) is 106 cm³/mol. The topological polar surface area (TPSA) is 79.5 Å². The zero-order valence-electron chi connectivity index (χ0n) is 15.5. The number of rotatable bonds is 5. The van der Waals surface area contributed by atoms with Gasteiger partial charge in [0.25, 0.3) is 5.91 Å². The van der Waals surface area contributed by atoms with Gasteiger partial charge in [-0.05, 0) is 45.4 Å². The van der Waals surface area contributed by atoms with Crippen molar-refractivity contribution in [2.24, 2.45) is 0 Å². The largest absolute Gasteiger partial charge is 0.375 e. The molecule has 1 aliphatic rings. The van der Waals surface area contributed by atoms with Gasteiger partial charge in [-0.1, -0.05) is 18.5 Å². The SMILES string of the molecule is CCC(C)(C)NC(=O)c1ccc(NC(=O)[C@H]2NCCO[C@@H]2C)cc1Cl.Cl. The Kier molecular flexibility index (Phi) is 8.34. The average molecular weight is 404 g/mol. The van der Waals surface area contributed by atoms with Gasteiger partial charge in [-0.2, -0.15) is 0 Å². The summed E-state index contributed by atoms with van der Waals surface area (Å²) in [7, 11) is 0. The Morgan fingerprint density at radius 2 is 2.08 bits per heavy atom. The molecule has 0 spiro atoms. The van der Waals surface area contributed by atoms with Crippen LogP contribution in [0.1, 0.15) is 44.5 Å². The van der Waals surface area contributed by atoms with E-state index < -0.39 is 6.04 Å². The monoisotopic (exact) mass is 403 g/mol. The van der Waals surface area contributed by atoms with Gasteiger partial charge in [-0.3, -0.25) is 9.59 Å². The summed E-state index contributed by atoms with van der Waals surface area (Å²) in [4.78, 5) is 24.7. The second kappa shape index (κ2) is 9.55. The van der Waals surface area contributed by atoms with E-state index in [1.165, 1.54) is 0 Å². The van der Waals surface area contributed by atoms with Crippen LogP contribution in [0.2, 0.25) is 5.02 Å². The summed E-state index contributed by atoms with van der Waals surface area (Å²) in [6.45, 7) is 8.99. The van der Waals surface area contributed by atoms with Crippen molar-refractivity contribution in [2.75, 3.05) is 18.5 Å². The molecule has 0 bridgehead atoms. The fourth-order valence-corrected chi connectivity index (χ4v) is 2.75. The maximum Gasteiger partial charge on any atom is 0.253 e. The van der Waals surface area contributed by atoms with Gasteiger partial charge in [0, 0.05) is 17.8 Å². The molecule has 0 saturated carbocycles.